The number of ether oxygens (including phenoxy) is 3. The third-order valence-corrected chi connectivity index (χ3v) is 3.33. The molecule has 0 aliphatic carbocycles. The fraction of sp³-hybridized carbons (Fsp3) is 0.278. The molecule has 0 aliphatic rings. The standard InChI is InChI=1S/C18H20O4/c1-12(2)16-7-5-6-8-17(16)22-18(19)13-9-14(20-3)11-15(10-13)21-4/h5-12H,1-4H3. The Morgan fingerprint density at radius 2 is 1.55 bits per heavy atom. The first-order valence-electron chi connectivity index (χ1n) is 7.09. The molecule has 0 bridgehead atoms. The Balaban J connectivity index is 2.30. The Morgan fingerprint density at radius 3 is 2.09 bits per heavy atom. The molecule has 116 valence electrons. The fourth-order valence-corrected chi connectivity index (χ4v) is 2.13. The van der Waals surface area contributed by atoms with Crippen LogP contribution in [0.2, 0.25) is 0 Å². The SMILES string of the molecule is COc1cc(OC)cc(C(=O)Oc2ccccc2C(C)C)c1. The molecule has 0 fully saturated rings. The second-order valence-corrected chi connectivity index (χ2v) is 5.18. The van der Waals surface area contributed by atoms with E-state index in [0.717, 1.165) is 5.56 Å². The van der Waals surface area contributed by atoms with Gasteiger partial charge in [0.15, 0.2) is 0 Å². The molecule has 22 heavy (non-hydrogen) atoms. The number of methoxy groups -OCH3 is 2. The molecule has 0 aromatic heterocycles. The molecule has 0 radical (unpaired) electrons. The highest BCUT2D eigenvalue weighted by molar-refractivity contribution is 5.92. The summed E-state index contributed by atoms with van der Waals surface area (Å²) < 4.78 is 15.9. The molecule has 2 rings (SSSR count). The van der Waals surface area contributed by atoms with Gasteiger partial charge in [-0.05, 0) is 29.7 Å². The van der Waals surface area contributed by atoms with E-state index in [4.69, 9.17) is 14.2 Å². The maximum absolute atomic E-state index is 12.4. The molecule has 2 aromatic carbocycles. The molecule has 0 N–H and O–H groups in total. The van der Waals surface area contributed by atoms with Gasteiger partial charge >= 0.3 is 5.97 Å². The molecule has 0 heterocycles. The van der Waals surface area contributed by atoms with Gasteiger partial charge in [-0.15, -0.1) is 0 Å². The molecule has 4 heteroatoms. The van der Waals surface area contributed by atoms with Crippen molar-refractivity contribution in [2.24, 2.45) is 0 Å². The Bertz CT molecular complexity index is 640. The minimum atomic E-state index is -0.440. The average Bonchev–Trinajstić information content (AvgIpc) is 2.54. The number of esters is 1. The van der Waals surface area contributed by atoms with Gasteiger partial charge in [-0.25, -0.2) is 4.79 Å². The largest absolute Gasteiger partial charge is 0.497 e. The van der Waals surface area contributed by atoms with E-state index in [1.165, 1.54) is 14.2 Å². The molecule has 0 aliphatic heterocycles. The van der Waals surface area contributed by atoms with E-state index in [9.17, 15) is 4.79 Å². The lowest BCUT2D eigenvalue weighted by Gasteiger charge is -2.13. The monoisotopic (exact) mass is 300 g/mol. The van der Waals surface area contributed by atoms with Crippen molar-refractivity contribution in [3.05, 3.63) is 53.6 Å². The van der Waals surface area contributed by atoms with Crippen LogP contribution in [0.25, 0.3) is 0 Å². The van der Waals surface area contributed by atoms with Crippen molar-refractivity contribution >= 4 is 5.97 Å². The number of carbonyl (C=O) groups excluding carboxylic acids is 1. The molecule has 0 saturated heterocycles. The topological polar surface area (TPSA) is 44.8 Å². The molecule has 0 atom stereocenters. The fourth-order valence-electron chi connectivity index (χ4n) is 2.13. The van der Waals surface area contributed by atoms with Gasteiger partial charge in [-0.2, -0.15) is 0 Å². The molecule has 0 spiro atoms. The third-order valence-electron chi connectivity index (χ3n) is 3.33. The maximum atomic E-state index is 12.4. The molecule has 4 nitrogen and oxygen atoms in total. The lowest BCUT2D eigenvalue weighted by Crippen LogP contribution is -2.10. The van der Waals surface area contributed by atoms with Gasteiger partial charge in [-0.1, -0.05) is 32.0 Å². The molecule has 2 aromatic rings. The van der Waals surface area contributed by atoms with Crippen LogP contribution in [0.3, 0.4) is 0 Å². The van der Waals surface area contributed by atoms with Crippen molar-refractivity contribution in [1.82, 2.24) is 0 Å². The summed E-state index contributed by atoms with van der Waals surface area (Å²) in [6.07, 6.45) is 0. The second kappa shape index (κ2) is 6.98. The zero-order valence-electron chi connectivity index (χ0n) is 13.3. The number of rotatable bonds is 5. The van der Waals surface area contributed by atoms with Crippen LogP contribution in [-0.4, -0.2) is 20.2 Å². The molecular formula is C18H20O4. The Hall–Kier alpha value is -2.49. The zero-order valence-corrected chi connectivity index (χ0v) is 13.3. The number of benzene rings is 2. The molecular weight excluding hydrogens is 280 g/mol. The predicted octanol–water partition coefficient (Wildman–Crippen LogP) is 4.05. The average molecular weight is 300 g/mol. The van der Waals surface area contributed by atoms with Crippen molar-refractivity contribution in [1.29, 1.82) is 0 Å². The Kier molecular flexibility index (Phi) is 5.04. The molecule has 0 saturated carbocycles. The summed E-state index contributed by atoms with van der Waals surface area (Å²) in [7, 11) is 3.08. The van der Waals surface area contributed by atoms with Gasteiger partial charge in [0, 0.05) is 6.07 Å². The lowest BCUT2D eigenvalue weighted by molar-refractivity contribution is 0.0732. The maximum Gasteiger partial charge on any atom is 0.343 e. The number of carbonyl (C=O) groups is 1. The van der Waals surface area contributed by atoms with Crippen LogP contribution < -0.4 is 14.2 Å². The van der Waals surface area contributed by atoms with E-state index < -0.39 is 5.97 Å². The van der Waals surface area contributed by atoms with Crippen LogP contribution in [0.4, 0.5) is 0 Å². The minimum absolute atomic E-state index is 0.267. The van der Waals surface area contributed by atoms with Crippen molar-refractivity contribution in [2.45, 2.75) is 19.8 Å². The van der Waals surface area contributed by atoms with E-state index in [-0.39, 0.29) is 5.92 Å². The van der Waals surface area contributed by atoms with E-state index in [1.54, 1.807) is 24.3 Å². The van der Waals surface area contributed by atoms with Gasteiger partial charge in [0.05, 0.1) is 19.8 Å². The van der Waals surface area contributed by atoms with Crippen LogP contribution in [0.5, 0.6) is 17.2 Å². The zero-order chi connectivity index (χ0) is 16.1. The summed E-state index contributed by atoms with van der Waals surface area (Å²) in [5.74, 6) is 1.49. The van der Waals surface area contributed by atoms with Gasteiger partial charge in [0.2, 0.25) is 0 Å². The highest BCUT2D eigenvalue weighted by Crippen LogP contribution is 2.28. The van der Waals surface area contributed by atoms with Gasteiger partial charge in [0.1, 0.15) is 17.2 Å². The summed E-state index contributed by atoms with van der Waals surface area (Å²) in [6, 6.07) is 12.5. The summed E-state index contributed by atoms with van der Waals surface area (Å²) in [5, 5.41) is 0. The normalized spacial score (nSPS) is 10.4. The summed E-state index contributed by atoms with van der Waals surface area (Å²) in [5.41, 5.74) is 1.38. The first kappa shape index (κ1) is 15.9. The molecule has 0 unspecified atom stereocenters. The first-order chi connectivity index (χ1) is 10.5. The summed E-state index contributed by atoms with van der Waals surface area (Å²) in [4.78, 5) is 12.4. The second-order valence-electron chi connectivity index (χ2n) is 5.18. The van der Waals surface area contributed by atoms with Crippen LogP contribution in [0, 0.1) is 0 Å². The minimum Gasteiger partial charge on any atom is -0.497 e. The van der Waals surface area contributed by atoms with Crippen molar-refractivity contribution < 1.29 is 19.0 Å². The summed E-state index contributed by atoms with van der Waals surface area (Å²) in [6.45, 7) is 4.11. The third kappa shape index (κ3) is 3.58. The number of hydrogen-bond acceptors (Lipinski definition) is 4. The van der Waals surface area contributed by atoms with Gasteiger partial charge < -0.3 is 14.2 Å². The lowest BCUT2D eigenvalue weighted by atomic mass is 10.0. The highest BCUT2D eigenvalue weighted by Gasteiger charge is 2.15. The quantitative estimate of drug-likeness (QED) is 0.617. The summed E-state index contributed by atoms with van der Waals surface area (Å²) >= 11 is 0. The predicted molar refractivity (Wildman–Crippen MR) is 85.0 cm³/mol. The van der Waals surface area contributed by atoms with E-state index in [2.05, 4.69) is 13.8 Å². The highest BCUT2D eigenvalue weighted by atomic mass is 16.5. The first-order valence-corrected chi connectivity index (χ1v) is 7.09. The van der Waals surface area contributed by atoms with Crippen molar-refractivity contribution in [2.75, 3.05) is 14.2 Å². The van der Waals surface area contributed by atoms with Gasteiger partial charge in [0.25, 0.3) is 0 Å². The van der Waals surface area contributed by atoms with Crippen LogP contribution >= 0.6 is 0 Å². The van der Waals surface area contributed by atoms with Crippen LogP contribution in [-0.2, 0) is 0 Å². The Morgan fingerprint density at radius 1 is 0.955 bits per heavy atom. The number of para-hydroxylation sites is 1. The van der Waals surface area contributed by atoms with Gasteiger partial charge in [-0.3, -0.25) is 0 Å². The van der Waals surface area contributed by atoms with E-state index >= 15 is 0 Å². The van der Waals surface area contributed by atoms with E-state index in [1.807, 2.05) is 18.2 Å². The smallest absolute Gasteiger partial charge is 0.343 e. The van der Waals surface area contributed by atoms with Crippen LogP contribution in [0.15, 0.2) is 42.5 Å². The van der Waals surface area contributed by atoms with Crippen molar-refractivity contribution in [3.8, 4) is 17.2 Å². The number of hydrogen-bond donors (Lipinski definition) is 0. The van der Waals surface area contributed by atoms with Crippen LogP contribution in [0.1, 0.15) is 35.7 Å². The van der Waals surface area contributed by atoms with Crippen molar-refractivity contribution in [3.63, 3.8) is 0 Å². The Labute approximate surface area is 130 Å². The van der Waals surface area contributed by atoms with E-state index in [0.29, 0.717) is 22.8 Å². The molecule has 0 amide bonds.